The number of benzene rings is 3. The normalized spacial score (nSPS) is 10.8. The summed E-state index contributed by atoms with van der Waals surface area (Å²) >= 11 is 1.30. The van der Waals surface area contributed by atoms with E-state index in [2.05, 4.69) is 5.32 Å². The monoisotopic (exact) mass is 389 g/mol. The van der Waals surface area contributed by atoms with Gasteiger partial charge in [-0.25, -0.2) is 4.39 Å². The zero-order valence-corrected chi connectivity index (χ0v) is 15.8. The Bertz CT molecular complexity index is 1250. The lowest BCUT2D eigenvalue weighted by Gasteiger charge is -2.12. The van der Waals surface area contributed by atoms with Crippen LogP contribution in [0.5, 0.6) is 0 Å². The van der Waals surface area contributed by atoms with E-state index in [4.69, 9.17) is 0 Å². The molecule has 0 aliphatic carbocycles. The van der Waals surface area contributed by atoms with Gasteiger partial charge in [0.15, 0.2) is 5.43 Å². The summed E-state index contributed by atoms with van der Waals surface area (Å²) in [6.45, 7) is 1.96. The highest BCUT2D eigenvalue weighted by molar-refractivity contribution is 7.22. The average Bonchev–Trinajstić information content (AvgIpc) is 2.70. The van der Waals surface area contributed by atoms with Gasteiger partial charge in [-0.1, -0.05) is 54.1 Å². The smallest absolute Gasteiger partial charge is 0.259 e. The van der Waals surface area contributed by atoms with E-state index in [9.17, 15) is 14.0 Å². The summed E-state index contributed by atoms with van der Waals surface area (Å²) in [6, 6.07) is 20.6. The Morgan fingerprint density at radius 3 is 2.36 bits per heavy atom. The molecule has 0 radical (unpaired) electrons. The standard InChI is InChI=1S/C23H16FNO2S/c1-14-10-12-15(13-11-14)20-21(26)17-7-3-5-9-19(17)28-23(20)25-22(27)16-6-2-4-8-18(16)24/h2-13H,1H3,(H,25,27). The van der Waals surface area contributed by atoms with Gasteiger partial charge in [-0.05, 0) is 36.8 Å². The molecule has 0 saturated carbocycles. The molecule has 1 heterocycles. The number of aryl methyl sites for hydroxylation is 1. The van der Waals surface area contributed by atoms with Crippen LogP contribution in [-0.4, -0.2) is 5.91 Å². The van der Waals surface area contributed by atoms with E-state index < -0.39 is 11.7 Å². The lowest BCUT2D eigenvalue weighted by Crippen LogP contribution is -2.16. The minimum Gasteiger partial charge on any atom is -0.313 e. The first-order valence-electron chi connectivity index (χ1n) is 8.73. The van der Waals surface area contributed by atoms with E-state index in [1.165, 1.54) is 29.5 Å². The summed E-state index contributed by atoms with van der Waals surface area (Å²) in [5, 5.41) is 3.75. The van der Waals surface area contributed by atoms with E-state index in [0.717, 1.165) is 10.3 Å². The molecule has 0 spiro atoms. The summed E-state index contributed by atoms with van der Waals surface area (Å²) < 4.78 is 14.8. The molecule has 1 amide bonds. The van der Waals surface area contributed by atoms with Gasteiger partial charge in [-0.15, -0.1) is 11.3 Å². The second-order valence-corrected chi connectivity index (χ2v) is 7.48. The second-order valence-electron chi connectivity index (χ2n) is 6.43. The van der Waals surface area contributed by atoms with Crippen molar-refractivity contribution >= 4 is 32.3 Å². The van der Waals surface area contributed by atoms with Gasteiger partial charge in [-0.3, -0.25) is 9.59 Å². The van der Waals surface area contributed by atoms with Gasteiger partial charge in [0, 0.05) is 10.1 Å². The Morgan fingerprint density at radius 2 is 1.61 bits per heavy atom. The van der Waals surface area contributed by atoms with Gasteiger partial charge in [0.05, 0.1) is 11.1 Å². The summed E-state index contributed by atoms with van der Waals surface area (Å²) in [4.78, 5) is 25.9. The highest BCUT2D eigenvalue weighted by Gasteiger charge is 2.18. The number of anilines is 1. The highest BCUT2D eigenvalue weighted by atomic mass is 32.1. The minimum absolute atomic E-state index is 0.0647. The van der Waals surface area contributed by atoms with Gasteiger partial charge in [0.1, 0.15) is 10.8 Å². The highest BCUT2D eigenvalue weighted by Crippen LogP contribution is 2.34. The SMILES string of the molecule is Cc1ccc(-c2c(NC(=O)c3ccccc3F)sc3ccccc3c2=O)cc1. The maximum atomic E-state index is 14.0. The Kier molecular flexibility index (Phi) is 4.75. The zero-order chi connectivity index (χ0) is 19.7. The van der Waals surface area contributed by atoms with Gasteiger partial charge in [0.25, 0.3) is 5.91 Å². The van der Waals surface area contributed by atoms with Crippen LogP contribution in [0.15, 0.2) is 77.6 Å². The predicted molar refractivity (Wildman–Crippen MR) is 113 cm³/mol. The third kappa shape index (κ3) is 3.32. The molecular weight excluding hydrogens is 373 g/mol. The first-order valence-corrected chi connectivity index (χ1v) is 9.55. The molecule has 4 aromatic rings. The van der Waals surface area contributed by atoms with Gasteiger partial charge in [-0.2, -0.15) is 0 Å². The maximum absolute atomic E-state index is 14.0. The van der Waals surface area contributed by atoms with Crippen molar-refractivity contribution in [2.24, 2.45) is 0 Å². The maximum Gasteiger partial charge on any atom is 0.259 e. The fourth-order valence-electron chi connectivity index (χ4n) is 3.03. The van der Waals surface area contributed by atoms with Crippen molar-refractivity contribution in [2.75, 3.05) is 5.32 Å². The van der Waals surface area contributed by atoms with E-state index in [1.54, 1.807) is 12.1 Å². The van der Waals surface area contributed by atoms with Crippen molar-refractivity contribution < 1.29 is 9.18 Å². The van der Waals surface area contributed by atoms with Crippen LogP contribution >= 0.6 is 11.3 Å². The van der Waals surface area contributed by atoms with Crippen molar-refractivity contribution in [1.29, 1.82) is 0 Å². The number of carbonyl (C=O) groups is 1. The van der Waals surface area contributed by atoms with Crippen LogP contribution in [0, 0.1) is 12.7 Å². The zero-order valence-electron chi connectivity index (χ0n) is 15.0. The van der Waals surface area contributed by atoms with Crippen LogP contribution in [0.25, 0.3) is 21.2 Å². The molecule has 0 atom stereocenters. The van der Waals surface area contributed by atoms with Crippen molar-refractivity contribution in [3.8, 4) is 11.1 Å². The molecule has 0 aliphatic heterocycles. The molecule has 0 bridgehead atoms. The molecule has 5 heteroatoms. The van der Waals surface area contributed by atoms with Crippen LogP contribution in [0.3, 0.4) is 0 Å². The predicted octanol–water partition coefficient (Wildman–Crippen LogP) is 5.63. The number of nitrogens with one attached hydrogen (secondary N) is 1. The summed E-state index contributed by atoms with van der Waals surface area (Å²) in [5.41, 5.74) is 1.96. The van der Waals surface area contributed by atoms with Crippen molar-refractivity contribution in [3.63, 3.8) is 0 Å². The molecule has 3 aromatic carbocycles. The molecule has 0 unspecified atom stereocenters. The molecule has 0 fully saturated rings. The average molecular weight is 389 g/mol. The number of halogens is 1. The first-order chi connectivity index (χ1) is 13.5. The van der Waals surface area contributed by atoms with Crippen LogP contribution < -0.4 is 10.7 Å². The molecule has 28 heavy (non-hydrogen) atoms. The van der Waals surface area contributed by atoms with E-state index in [0.29, 0.717) is 21.5 Å². The topological polar surface area (TPSA) is 46.2 Å². The Balaban J connectivity index is 1.90. The fraction of sp³-hybridized carbons (Fsp3) is 0.0435. The largest absolute Gasteiger partial charge is 0.313 e. The van der Waals surface area contributed by atoms with Gasteiger partial charge >= 0.3 is 0 Å². The van der Waals surface area contributed by atoms with E-state index in [1.807, 2.05) is 49.4 Å². The summed E-state index contributed by atoms with van der Waals surface area (Å²) in [6.07, 6.45) is 0. The number of hydrogen-bond donors (Lipinski definition) is 1. The molecule has 138 valence electrons. The van der Waals surface area contributed by atoms with Crippen LogP contribution in [-0.2, 0) is 0 Å². The third-order valence-corrected chi connectivity index (χ3v) is 5.57. The second kappa shape index (κ2) is 7.37. The molecule has 1 N–H and O–H groups in total. The lowest BCUT2D eigenvalue weighted by molar-refractivity contribution is 0.102. The summed E-state index contributed by atoms with van der Waals surface area (Å²) in [5.74, 6) is -1.19. The summed E-state index contributed by atoms with van der Waals surface area (Å²) in [7, 11) is 0. The van der Waals surface area contributed by atoms with Crippen molar-refractivity contribution in [3.05, 3.63) is 100.0 Å². The number of rotatable bonds is 3. The number of amides is 1. The molecular formula is C23H16FNO2S. The molecule has 0 aliphatic rings. The number of carbonyl (C=O) groups excluding carboxylic acids is 1. The minimum atomic E-state index is -0.606. The molecule has 0 saturated heterocycles. The van der Waals surface area contributed by atoms with Gasteiger partial charge in [0.2, 0.25) is 0 Å². The van der Waals surface area contributed by atoms with Crippen molar-refractivity contribution in [1.82, 2.24) is 0 Å². The first kappa shape index (κ1) is 18.1. The van der Waals surface area contributed by atoms with Crippen LogP contribution in [0.1, 0.15) is 15.9 Å². The fourth-order valence-corrected chi connectivity index (χ4v) is 4.12. The Labute approximate surface area is 165 Å². The molecule has 4 rings (SSSR count). The van der Waals surface area contributed by atoms with Gasteiger partial charge < -0.3 is 5.32 Å². The molecule has 1 aromatic heterocycles. The van der Waals surface area contributed by atoms with E-state index in [-0.39, 0.29) is 11.0 Å². The van der Waals surface area contributed by atoms with Crippen molar-refractivity contribution in [2.45, 2.75) is 6.92 Å². The lowest BCUT2D eigenvalue weighted by atomic mass is 10.0. The number of fused-ring (bicyclic) bond motifs is 1. The molecule has 3 nitrogen and oxygen atoms in total. The Morgan fingerprint density at radius 1 is 0.929 bits per heavy atom. The quantitative estimate of drug-likeness (QED) is 0.494. The van der Waals surface area contributed by atoms with E-state index >= 15 is 0 Å². The number of hydrogen-bond acceptors (Lipinski definition) is 3. The Hall–Kier alpha value is -3.31. The van der Waals surface area contributed by atoms with Crippen LogP contribution in [0.4, 0.5) is 9.39 Å². The third-order valence-electron chi connectivity index (χ3n) is 4.48. The van der Waals surface area contributed by atoms with Crippen LogP contribution in [0.2, 0.25) is 0 Å².